The summed E-state index contributed by atoms with van der Waals surface area (Å²) in [5, 5.41) is 2.92. The van der Waals surface area contributed by atoms with E-state index in [2.05, 4.69) is 5.32 Å². The Morgan fingerprint density at radius 3 is 2.09 bits per heavy atom. The maximum atomic E-state index is 13.7. The van der Waals surface area contributed by atoms with Crippen LogP contribution < -0.4 is 9.62 Å². The summed E-state index contributed by atoms with van der Waals surface area (Å²) in [5.74, 6) is -0.439. The number of nitrogens with zero attached hydrogens (tertiary/aromatic N) is 3. The molecule has 35 heavy (non-hydrogen) atoms. The Balaban J connectivity index is 2.44. The first kappa shape index (κ1) is 28.3. The topological polar surface area (TPSA) is 90.0 Å². The highest BCUT2D eigenvalue weighted by Gasteiger charge is 2.33. The average Bonchev–Trinajstić information content (AvgIpc) is 2.82. The Labute approximate surface area is 210 Å². The fourth-order valence-corrected chi connectivity index (χ4v) is 4.60. The van der Waals surface area contributed by atoms with Crippen LogP contribution in [0.3, 0.4) is 0 Å². The van der Waals surface area contributed by atoms with Crippen molar-refractivity contribution in [3.8, 4) is 0 Å². The monoisotopic (exact) mass is 502 g/mol. The highest BCUT2D eigenvalue weighted by atomic mass is 32.2. The fourth-order valence-electron chi connectivity index (χ4n) is 3.54. The SMILES string of the molecule is CC[C@H](C(=O)NCC(C)C)N(Cc1ccc(C)cc1)C(=O)CN(c1ccccc1)S(=O)(=O)N(C)C. The van der Waals surface area contributed by atoms with Gasteiger partial charge in [0, 0.05) is 27.2 Å². The normalized spacial score (nSPS) is 12.5. The molecule has 0 saturated carbocycles. The second-order valence-electron chi connectivity index (χ2n) is 9.20. The molecule has 0 unspecified atom stereocenters. The lowest BCUT2D eigenvalue weighted by Crippen LogP contribution is -2.53. The molecule has 8 nitrogen and oxygen atoms in total. The molecule has 0 saturated heterocycles. The summed E-state index contributed by atoms with van der Waals surface area (Å²) in [6.07, 6.45) is 0.396. The number of carbonyl (C=O) groups is 2. The number of nitrogens with one attached hydrogen (secondary N) is 1. The van der Waals surface area contributed by atoms with Crippen LogP contribution in [0.4, 0.5) is 5.69 Å². The Morgan fingerprint density at radius 1 is 0.971 bits per heavy atom. The molecule has 0 aromatic heterocycles. The van der Waals surface area contributed by atoms with Crippen molar-refractivity contribution in [2.75, 3.05) is 31.5 Å². The van der Waals surface area contributed by atoms with Crippen molar-refractivity contribution >= 4 is 27.7 Å². The number of aryl methyl sites for hydroxylation is 1. The molecule has 2 aromatic carbocycles. The molecule has 192 valence electrons. The van der Waals surface area contributed by atoms with E-state index in [0.29, 0.717) is 18.7 Å². The minimum absolute atomic E-state index is 0.192. The van der Waals surface area contributed by atoms with Crippen LogP contribution in [0, 0.1) is 12.8 Å². The molecule has 2 rings (SSSR count). The molecule has 0 aliphatic heterocycles. The van der Waals surface area contributed by atoms with Gasteiger partial charge >= 0.3 is 10.2 Å². The summed E-state index contributed by atoms with van der Waals surface area (Å²) >= 11 is 0. The molecule has 1 atom stereocenters. The largest absolute Gasteiger partial charge is 0.354 e. The van der Waals surface area contributed by atoms with Gasteiger partial charge in [0.15, 0.2) is 0 Å². The van der Waals surface area contributed by atoms with Gasteiger partial charge in [0.2, 0.25) is 11.8 Å². The van der Waals surface area contributed by atoms with Crippen molar-refractivity contribution in [3.05, 3.63) is 65.7 Å². The Kier molecular flexibility index (Phi) is 10.3. The van der Waals surface area contributed by atoms with Gasteiger partial charge in [-0.3, -0.25) is 9.59 Å². The van der Waals surface area contributed by atoms with Crippen molar-refractivity contribution in [2.24, 2.45) is 5.92 Å². The van der Waals surface area contributed by atoms with Crippen molar-refractivity contribution in [2.45, 2.75) is 46.7 Å². The van der Waals surface area contributed by atoms with Crippen LogP contribution in [-0.2, 0) is 26.3 Å². The summed E-state index contributed by atoms with van der Waals surface area (Å²) in [6.45, 7) is 8.08. The van der Waals surface area contributed by atoms with E-state index in [1.54, 1.807) is 30.3 Å². The molecule has 0 radical (unpaired) electrons. The van der Waals surface area contributed by atoms with Gasteiger partial charge in [-0.05, 0) is 37.0 Å². The lowest BCUT2D eigenvalue weighted by atomic mass is 10.1. The molecule has 0 fully saturated rings. The predicted octanol–water partition coefficient (Wildman–Crippen LogP) is 3.19. The summed E-state index contributed by atoms with van der Waals surface area (Å²) in [5.41, 5.74) is 2.32. The number of hydrogen-bond donors (Lipinski definition) is 1. The third-order valence-corrected chi connectivity index (χ3v) is 7.43. The van der Waals surface area contributed by atoms with Crippen molar-refractivity contribution in [1.29, 1.82) is 0 Å². The van der Waals surface area contributed by atoms with Crippen LogP contribution in [-0.4, -0.2) is 62.7 Å². The van der Waals surface area contributed by atoms with E-state index in [0.717, 1.165) is 19.7 Å². The van der Waals surface area contributed by atoms with Gasteiger partial charge in [-0.25, -0.2) is 4.31 Å². The molecule has 9 heteroatoms. The quantitative estimate of drug-likeness (QED) is 0.483. The third-order valence-electron chi connectivity index (χ3n) is 5.61. The number of rotatable bonds is 12. The van der Waals surface area contributed by atoms with Crippen molar-refractivity contribution in [1.82, 2.24) is 14.5 Å². The van der Waals surface area contributed by atoms with Gasteiger partial charge in [-0.1, -0.05) is 68.8 Å². The number of hydrogen-bond acceptors (Lipinski definition) is 4. The molecule has 0 spiro atoms. The second kappa shape index (κ2) is 12.7. The van der Waals surface area contributed by atoms with Crippen LogP contribution in [0.5, 0.6) is 0 Å². The first-order chi connectivity index (χ1) is 16.5. The van der Waals surface area contributed by atoms with Gasteiger partial charge in [-0.15, -0.1) is 0 Å². The van der Waals surface area contributed by atoms with E-state index in [-0.39, 0.29) is 18.4 Å². The van der Waals surface area contributed by atoms with Crippen LogP contribution in [0.2, 0.25) is 0 Å². The predicted molar refractivity (Wildman–Crippen MR) is 140 cm³/mol. The van der Waals surface area contributed by atoms with Gasteiger partial charge in [0.25, 0.3) is 0 Å². The number of amides is 2. The van der Waals surface area contributed by atoms with E-state index >= 15 is 0 Å². The van der Waals surface area contributed by atoms with Crippen LogP contribution in [0.15, 0.2) is 54.6 Å². The highest BCUT2D eigenvalue weighted by Crippen LogP contribution is 2.21. The van der Waals surface area contributed by atoms with Gasteiger partial charge in [-0.2, -0.15) is 12.7 Å². The number of anilines is 1. The van der Waals surface area contributed by atoms with E-state index in [9.17, 15) is 18.0 Å². The first-order valence-corrected chi connectivity index (χ1v) is 13.2. The lowest BCUT2D eigenvalue weighted by Gasteiger charge is -2.34. The van der Waals surface area contributed by atoms with Gasteiger partial charge in [0.05, 0.1) is 5.69 Å². The number of carbonyl (C=O) groups excluding carboxylic acids is 2. The third kappa shape index (κ3) is 7.80. The molecule has 0 heterocycles. The van der Waals surface area contributed by atoms with E-state index in [4.69, 9.17) is 0 Å². The Morgan fingerprint density at radius 2 is 1.57 bits per heavy atom. The zero-order valence-corrected chi connectivity index (χ0v) is 22.4. The van der Waals surface area contributed by atoms with Gasteiger partial charge in [0.1, 0.15) is 12.6 Å². The van der Waals surface area contributed by atoms with Gasteiger partial charge < -0.3 is 10.2 Å². The molecule has 2 amide bonds. The summed E-state index contributed by atoms with van der Waals surface area (Å²) in [6, 6.07) is 15.5. The van der Waals surface area contributed by atoms with Crippen molar-refractivity contribution < 1.29 is 18.0 Å². The minimum atomic E-state index is -3.95. The second-order valence-corrected chi connectivity index (χ2v) is 11.3. The molecule has 2 aromatic rings. The Bertz CT molecular complexity index is 1070. The average molecular weight is 503 g/mol. The molecule has 0 aliphatic carbocycles. The van der Waals surface area contributed by atoms with Crippen LogP contribution in [0.25, 0.3) is 0 Å². The smallest absolute Gasteiger partial charge is 0.304 e. The molecule has 0 aliphatic rings. The van der Waals surface area contributed by atoms with Crippen molar-refractivity contribution in [3.63, 3.8) is 0 Å². The Hall–Kier alpha value is -2.91. The zero-order valence-electron chi connectivity index (χ0n) is 21.6. The first-order valence-electron chi connectivity index (χ1n) is 11.8. The molecule has 1 N–H and O–H groups in total. The van der Waals surface area contributed by atoms with E-state index in [1.807, 2.05) is 52.0 Å². The minimum Gasteiger partial charge on any atom is -0.354 e. The van der Waals surface area contributed by atoms with E-state index < -0.39 is 28.7 Å². The number of para-hydroxylation sites is 1. The van der Waals surface area contributed by atoms with Crippen LogP contribution in [0.1, 0.15) is 38.3 Å². The lowest BCUT2D eigenvalue weighted by molar-refractivity contribution is -0.140. The summed E-state index contributed by atoms with van der Waals surface area (Å²) in [7, 11) is -1.11. The molecular weight excluding hydrogens is 464 g/mol. The maximum absolute atomic E-state index is 13.7. The zero-order chi connectivity index (χ0) is 26.2. The molecular formula is C26H38N4O4S. The standard InChI is InChI=1S/C26H38N4O4S/c1-7-24(26(32)27-17-20(2)3)29(18-22-15-13-21(4)14-16-22)25(31)19-30(35(33,34)28(5)6)23-11-9-8-10-12-23/h8-16,20,24H,7,17-19H2,1-6H3,(H,27,32)/t24-/m1/s1. The van der Waals surface area contributed by atoms with Crippen LogP contribution >= 0.6 is 0 Å². The summed E-state index contributed by atoms with van der Waals surface area (Å²) in [4.78, 5) is 28.3. The summed E-state index contributed by atoms with van der Waals surface area (Å²) < 4.78 is 28.4. The fraction of sp³-hybridized carbons (Fsp3) is 0.462. The van der Waals surface area contributed by atoms with E-state index in [1.165, 1.54) is 19.0 Å². The number of benzene rings is 2. The maximum Gasteiger partial charge on any atom is 0.304 e. The molecule has 0 bridgehead atoms. The highest BCUT2D eigenvalue weighted by molar-refractivity contribution is 7.90.